The number of aliphatic carboxylic acids is 1. The van der Waals surface area contributed by atoms with Crippen molar-refractivity contribution in [1.29, 1.82) is 0 Å². The normalized spacial score (nSPS) is 10.2. The van der Waals surface area contributed by atoms with Gasteiger partial charge in [-0.15, -0.1) is 0 Å². The first-order chi connectivity index (χ1) is 6.29. The highest BCUT2D eigenvalue weighted by atomic mass is 16.5. The fourth-order valence-electron chi connectivity index (χ4n) is 0.775. The van der Waals surface area contributed by atoms with Crippen LogP contribution in [0.25, 0.3) is 0 Å². The summed E-state index contributed by atoms with van der Waals surface area (Å²) in [4.78, 5) is 10.1. The van der Waals surface area contributed by atoms with Crippen molar-refractivity contribution in [3.05, 3.63) is 42.7 Å². The van der Waals surface area contributed by atoms with Gasteiger partial charge in [-0.05, 0) is 18.2 Å². The number of carbonyl (C=O) groups is 1. The van der Waals surface area contributed by atoms with Crippen molar-refractivity contribution in [3.8, 4) is 5.75 Å². The summed E-state index contributed by atoms with van der Waals surface area (Å²) in [6, 6.07) is 9.17. The van der Waals surface area contributed by atoms with Gasteiger partial charge in [0, 0.05) is 0 Å². The topological polar surface area (TPSA) is 46.5 Å². The van der Waals surface area contributed by atoms with Crippen molar-refractivity contribution in [2.24, 2.45) is 0 Å². The zero-order valence-electron chi connectivity index (χ0n) is 7.01. The Kier molecular flexibility index (Phi) is 3.57. The first kappa shape index (κ1) is 9.32. The van der Waals surface area contributed by atoms with Crippen LogP contribution in [0.3, 0.4) is 0 Å². The van der Waals surface area contributed by atoms with Crippen LogP contribution < -0.4 is 4.74 Å². The Labute approximate surface area is 76.3 Å². The third-order valence-electron chi connectivity index (χ3n) is 1.34. The minimum absolute atomic E-state index is 0.0210. The van der Waals surface area contributed by atoms with E-state index in [0.29, 0.717) is 5.75 Å². The fourth-order valence-corrected chi connectivity index (χ4v) is 0.775. The van der Waals surface area contributed by atoms with E-state index in [1.54, 1.807) is 12.1 Å². The molecule has 1 N–H and O–H groups in total. The number of benzene rings is 1. The highest BCUT2D eigenvalue weighted by Gasteiger charge is 1.89. The molecule has 0 fully saturated rings. The molecule has 0 saturated carbocycles. The molecular formula is C10H10O3. The van der Waals surface area contributed by atoms with E-state index < -0.39 is 5.97 Å². The quantitative estimate of drug-likeness (QED) is 0.718. The van der Waals surface area contributed by atoms with Crippen LogP contribution in [0.4, 0.5) is 0 Å². The number of ether oxygens (including phenoxy) is 1. The van der Waals surface area contributed by atoms with Crippen LogP contribution in [0.2, 0.25) is 0 Å². The van der Waals surface area contributed by atoms with Crippen LogP contribution >= 0.6 is 0 Å². The number of rotatable bonds is 4. The molecule has 68 valence electrons. The average molecular weight is 178 g/mol. The van der Waals surface area contributed by atoms with E-state index in [0.717, 1.165) is 0 Å². The smallest absolute Gasteiger partial charge is 0.307 e. The van der Waals surface area contributed by atoms with Crippen molar-refractivity contribution in [1.82, 2.24) is 0 Å². The summed E-state index contributed by atoms with van der Waals surface area (Å²) in [5.41, 5.74) is 0. The van der Waals surface area contributed by atoms with Crippen molar-refractivity contribution >= 4 is 5.97 Å². The molecule has 13 heavy (non-hydrogen) atoms. The Hall–Kier alpha value is -1.77. The van der Waals surface area contributed by atoms with E-state index in [1.807, 2.05) is 18.2 Å². The highest BCUT2D eigenvalue weighted by Crippen LogP contribution is 2.08. The molecule has 1 rings (SSSR count). The number of para-hydroxylation sites is 1. The molecular weight excluding hydrogens is 168 g/mol. The predicted octanol–water partition coefficient (Wildman–Crippen LogP) is 2.05. The van der Waals surface area contributed by atoms with Crippen LogP contribution in [-0.4, -0.2) is 11.1 Å². The van der Waals surface area contributed by atoms with Gasteiger partial charge in [0.1, 0.15) is 5.75 Å². The minimum Gasteiger partial charge on any atom is -0.481 e. The van der Waals surface area contributed by atoms with Gasteiger partial charge in [0.05, 0.1) is 12.7 Å². The lowest BCUT2D eigenvalue weighted by Gasteiger charge is -1.96. The maximum atomic E-state index is 10.1. The number of carboxylic acids is 1. The van der Waals surface area contributed by atoms with E-state index >= 15 is 0 Å². The van der Waals surface area contributed by atoms with E-state index in [1.165, 1.54) is 12.3 Å². The Morgan fingerprint density at radius 1 is 1.38 bits per heavy atom. The van der Waals surface area contributed by atoms with Gasteiger partial charge in [-0.25, -0.2) is 0 Å². The number of hydrogen-bond donors (Lipinski definition) is 1. The second-order valence-corrected chi connectivity index (χ2v) is 2.40. The number of hydrogen-bond acceptors (Lipinski definition) is 2. The van der Waals surface area contributed by atoms with Crippen LogP contribution in [0.5, 0.6) is 5.75 Å². The lowest BCUT2D eigenvalue weighted by molar-refractivity contribution is -0.136. The Bertz CT molecular complexity index is 290. The van der Waals surface area contributed by atoms with Gasteiger partial charge in [0.15, 0.2) is 0 Å². The summed E-state index contributed by atoms with van der Waals surface area (Å²) in [5, 5.41) is 8.30. The minimum atomic E-state index is -0.868. The lowest BCUT2D eigenvalue weighted by Crippen LogP contribution is -1.90. The first-order valence-corrected chi connectivity index (χ1v) is 3.87. The predicted molar refractivity (Wildman–Crippen MR) is 48.5 cm³/mol. The molecule has 0 unspecified atom stereocenters. The van der Waals surface area contributed by atoms with Gasteiger partial charge in [-0.1, -0.05) is 18.2 Å². The van der Waals surface area contributed by atoms with Gasteiger partial charge in [-0.2, -0.15) is 0 Å². The summed E-state index contributed by atoms with van der Waals surface area (Å²) < 4.78 is 5.11. The molecule has 0 heterocycles. The molecule has 0 aromatic heterocycles. The molecule has 3 heteroatoms. The maximum absolute atomic E-state index is 10.1. The van der Waals surface area contributed by atoms with E-state index in [9.17, 15) is 4.79 Å². The Balaban J connectivity index is 2.35. The van der Waals surface area contributed by atoms with Crippen molar-refractivity contribution in [3.63, 3.8) is 0 Å². The van der Waals surface area contributed by atoms with Gasteiger partial charge >= 0.3 is 5.97 Å². The summed E-state index contributed by atoms with van der Waals surface area (Å²) in [5.74, 6) is -0.169. The summed E-state index contributed by atoms with van der Waals surface area (Å²) in [6.07, 6.45) is 2.81. The van der Waals surface area contributed by atoms with Crippen molar-refractivity contribution in [2.75, 3.05) is 0 Å². The van der Waals surface area contributed by atoms with Crippen LogP contribution in [-0.2, 0) is 4.79 Å². The second-order valence-electron chi connectivity index (χ2n) is 2.40. The zero-order valence-corrected chi connectivity index (χ0v) is 7.01. The molecule has 0 amide bonds. The highest BCUT2D eigenvalue weighted by molar-refractivity contribution is 5.68. The largest absolute Gasteiger partial charge is 0.481 e. The summed E-state index contributed by atoms with van der Waals surface area (Å²) in [7, 11) is 0. The van der Waals surface area contributed by atoms with Gasteiger partial charge in [-0.3, -0.25) is 4.79 Å². The van der Waals surface area contributed by atoms with Crippen molar-refractivity contribution in [2.45, 2.75) is 6.42 Å². The molecule has 0 saturated heterocycles. The molecule has 0 spiro atoms. The molecule has 0 bridgehead atoms. The molecule has 1 aromatic rings. The van der Waals surface area contributed by atoms with Gasteiger partial charge in [0.25, 0.3) is 0 Å². The third kappa shape index (κ3) is 3.96. The molecule has 0 atom stereocenters. The monoisotopic (exact) mass is 178 g/mol. The third-order valence-corrected chi connectivity index (χ3v) is 1.34. The Morgan fingerprint density at radius 2 is 2.08 bits per heavy atom. The van der Waals surface area contributed by atoms with Gasteiger partial charge in [0.2, 0.25) is 0 Å². The van der Waals surface area contributed by atoms with Gasteiger partial charge < -0.3 is 9.84 Å². The summed E-state index contributed by atoms with van der Waals surface area (Å²) >= 11 is 0. The first-order valence-electron chi connectivity index (χ1n) is 3.87. The van der Waals surface area contributed by atoms with Crippen LogP contribution in [0, 0.1) is 0 Å². The maximum Gasteiger partial charge on any atom is 0.307 e. The molecule has 0 aliphatic rings. The molecule has 0 radical (unpaired) electrons. The second kappa shape index (κ2) is 4.98. The SMILES string of the molecule is O=C(O)C/C=C/Oc1ccccc1. The van der Waals surface area contributed by atoms with E-state index in [4.69, 9.17) is 9.84 Å². The molecule has 0 aliphatic heterocycles. The molecule has 3 nitrogen and oxygen atoms in total. The zero-order chi connectivity index (χ0) is 9.52. The average Bonchev–Trinajstić information content (AvgIpc) is 2.14. The van der Waals surface area contributed by atoms with E-state index in [-0.39, 0.29) is 6.42 Å². The van der Waals surface area contributed by atoms with Crippen molar-refractivity contribution < 1.29 is 14.6 Å². The lowest BCUT2D eigenvalue weighted by atomic mass is 10.3. The Morgan fingerprint density at radius 3 is 2.69 bits per heavy atom. The summed E-state index contributed by atoms with van der Waals surface area (Å²) in [6.45, 7) is 0. The standard InChI is InChI=1S/C10H10O3/c11-10(12)7-4-8-13-9-5-2-1-3-6-9/h1-6,8H,7H2,(H,11,12)/b8-4+. The number of carboxylic acid groups (broad SMARTS) is 1. The fraction of sp³-hybridized carbons (Fsp3) is 0.100. The molecule has 1 aromatic carbocycles. The van der Waals surface area contributed by atoms with Crippen LogP contribution in [0.15, 0.2) is 42.7 Å². The van der Waals surface area contributed by atoms with E-state index in [2.05, 4.69) is 0 Å². The van der Waals surface area contributed by atoms with Crippen LogP contribution in [0.1, 0.15) is 6.42 Å². The molecule has 0 aliphatic carbocycles.